The maximum absolute atomic E-state index is 14.0. The molecule has 1 heterocycles. The molecule has 2 aromatic rings. The molecule has 7 nitrogen and oxygen atoms in total. The van der Waals surface area contributed by atoms with Crippen molar-refractivity contribution < 1.29 is 36.6 Å². The molecule has 1 aromatic carbocycles. The summed E-state index contributed by atoms with van der Waals surface area (Å²) in [6.07, 6.45) is 0.167. The molecular formula is C15H13BrF2NO6S-. The standard InChI is InChI=1S/C15H14BrF2NO6S/c1-7(20)24-15-12(21)13(9-3-2-8(17)6-11(9)18)25-14(15)10(16)4-5-19-26(22)23/h2-3,6,10,19,21H,4-5H2,1H3,(H,22,23)/p-1. The lowest BCUT2D eigenvalue weighted by atomic mass is 10.1. The van der Waals surface area contributed by atoms with Gasteiger partial charge in [-0.05, 0) is 18.6 Å². The molecule has 0 saturated carbocycles. The van der Waals surface area contributed by atoms with Crippen LogP contribution in [0.2, 0.25) is 0 Å². The highest BCUT2D eigenvalue weighted by atomic mass is 79.9. The summed E-state index contributed by atoms with van der Waals surface area (Å²) in [5, 5.41) is 10.3. The number of halogens is 3. The van der Waals surface area contributed by atoms with Crippen LogP contribution in [0.4, 0.5) is 8.78 Å². The Labute approximate surface area is 157 Å². The van der Waals surface area contributed by atoms with Crippen LogP contribution >= 0.6 is 15.9 Å². The lowest BCUT2D eigenvalue weighted by Gasteiger charge is -2.11. The van der Waals surface area contributed by atoms with Gasteiger partial charge in [-0.3, -0.25) is 9.00 Å². The van der Waals surface area contributed by atoms with Crippen LogP contribution in [-0.2, 0) is 16.1 Å². The van der Waals surface area contributed by atoms with E-state index < -0.39 is 39.4 Å². The first-order chi connectivity index (χ1) is 12.2. The van der Waals surface area contributed by atoms with Crippen LogP contribution in [0.3, 0.4) is 0 Å². The third-order valence-electron chi connectivity index (χ3n) is 3.19. The summed E-state index contributed by atoms with van der Waals surface area (Å²) < 4.78 is 60.6. The van der Waals surface area contributed by atoms with Crippen LogP contribution in [0, 0.1) is 11.6 Å². The van der Waals surface area contributed by atoms with Crippen molar-refractivity contribution in [3.63, 3.8) is 0 Å². The number of hydrogen-bond donors (Lipinski definition) is 2. The summed E-state index contributed by atoms with van der Waals surface area (Å²) in [7, 11) is 0. The summed E-state index contributed by atoms with van der Waals surface area (Å²) >= 11 is 0.778. The van der Waals surface area contributed by atoms with Gasteiger partial charge in [-0.25, -0.2) is 13.5 Å². The molecule has 142 valence electrons. The number of rotatable bonds is 7. The molecule has 0 aliphatic carbocycles. The van der Waals surface area contributed by atoms with Gasteiger partial charge in [0.1, 0.15) is 11.6 Å². The number of carbonyl (C=O) groups excluding carboxylic acids is 1. The molecule has 0 fully saturated rings. The first-order valence-electron chi connectivity index (χ1n) is 7.17. The van der Waals surface area contributed by atoms with Gasteiger partial charge in [0.15, 0.2) is 11.5 Å². The van der Waals surface area contributed by atoms with E-state index in [0.717, 1.165) is 19.1 Å². The molecule has 0 saturated heterocycles. The average Bonchev–Trinajstić information content (AvgIpc) is 2.84. The number of alkyl halides is 1. The van der Waals surface area contributed by atoms with Gasteiger partial charge in [0.2, 0.25) is 11.5 Å². The Kier molecular flexibility index (Phi) is 6.87. The van der Waals surface area contributed by atoms with Crippen LogP contribution in [0.5, 0.6) is 11.5 Å². The fourth-order valence-electron chi connectivity index (χ4n) is 2.13. The number of hydrogen-bond acceptors (Lipinski definition) is 6. The number of nitrogens with one attached hydrogen (secondary N) is 1. The van der Waals surface area contributed by atoms with Gasteiger partial charge in [-0.2, -0.15) is 0 Å². The molecule has 0 aliphatic heterocycles. The van der Waals surface area contributed by atoms with Crippen LogP contribution in [0.25, 0.3) is 11.3 Å². The van der Waals surface area contributed by atoms with Crippen LogP contribution in [0.15, 0.2) is 22.6 Å². The van der Waals surface area contributed by atoms with E-state index in [1.54, 1.807) is 0 Å². The number of carbonyl (C=O) groups is 1. The predicted octanol–water partition coefficient (Wildman–Crippen LogP) is 3.07. The Balaban J connectivity index is 2.43. The van der Waals surface area contributed by atoms with Crippen LogP contribution in [0.1, 0.15) is 23.9 Å². The summed E-state index contributed by atoms with van der Waals surface area (Å²) in [5.41, 5.74) is -0.234. The maximum Gasteiger partial charge on any atom is 0.308 e. The highest BCUT2D eigenvalue weighted by molar-refractivity contribution is 9.09. The molecule has 2 unspecified atom stereocenters. The molecule has 26 heavy (non-hydrogen) atoms. The fourth-order valence-corrected chi connectivity index (χ4v) is 2.94. The summed E-state index contributed by atoms with van der Waals surface area (Å²) in [6, 6.07) is 2.65. The number of aromatic hydroxyl groups is 1. The van der Waals surface area contributed by atoms with Crippen molar-refractivity contribution >= 4 is 33.2 Å². The van der Waals surface area contributed by atoms with Crippen molar-refractivity contribution in [3.05, 3.63) is 35.6 Å². The lowest BCUT2D eigenvalue weighted by Crippen LogP contribution is -2.18. The van der Waals surface area contributed by atoms with Gasteiger partial charge >= 0.3 is 5.97 Å². The smallest absolute Gasteiger partial charge is 0.308 e. The second kappa shape index (κ2) is 8.71. The molecule has 0 spiro atoms. The van der Waals surface area contributed by atoms with Gasteiger partial charge in [0.05, 0.1) is 10.4 Å². The zero-order valence-electron chi connectivity index (χ0n) is 13.3. The topological polar surface area (TPSA) is 112 Å². The average molecular weight is 453 g/mol. The molecule has 2 N–H and O–H groups in total. The maximum atomic E-state index is 14.0. The molecule has 2 atom stereocenters. The van der Waals surface area contributed by atoms with E-state index in [1.807, 2.05) is 0 Å². The predicted molar refractivity (Wildman–Crippen MR) is 90.2 cm³/mol. The third-order valence-corrected chi connectivity index (χ3v) is 4.50. The van der Waals surface area contributed by atoms with Crippen molar-refractivity contribution in [1.82, 2.24) is 4.72 Å². The minimum absolute atomic E-state index is 0.0211. The first kappa shape index (κ1) is 20.5. The van der Waals surface area contributed by atoms with E-state index in [4.69, 9.17) is 9.15 Å². The van der Waals surface area contributed by atoms with E-state index >= 15 is 0 Å². The van der Waals surface area contributed by atoms with Crippen molar-refractivity contribution in [2.75, 3.05) is 6.54 Å². The van der Waals surface area contributed by atoms with E-state index in [1.165, 1.54) is 0 Å². The molecule has 0 amide bonds. The third kappa shape index (κ3) is 4.87. The quantitative estimate of drug-likeness (QED) is 0.379. The number of benzene rings is 1. The van der Waals surface area contributed by atoms with E-state index in [9.17, 15) is 27.4 Å². The second-order valence-corrected chi connectivity index (χ2v) is 6.94. The monoisotopic (exact) mass is 452 g/mol. The molecule has 0 aliphatic rings. The van der Waals surface area contributed by atoms with Crippen molar-refractivity contribution in [2.24, 2.45) is 0 Å². The zero-order chi connectivity index (χ0) is 19.4. The van der Waals surface area contributed by atoms with Gasteiger partial charge in [0.25, 0.3) is 0 Å². The van der Waals surface area contributed by atoms with Gasteiger partial charge in [-0.1, -0.05) is 15.9 Å². The molecule has 1 aromatic heterocycles. The Hall–Kier alpha value is -1.82. The van der Waals surface area contributed by atoms with Crippen molar-refractivity contribution in [3.8, 4) is 22.8 Å². The fraction of sp³-hybridized carbons (Fsp3) is 0.267. The van der Waals surface area contributed by atoms with Gasteiger partial charge in [-0.15, -0.1) is 0 Å². The minimum atomic E-state index is -2.46. The SMILES string of the molecule is CC(=O)Oc1c(C(Br)CCNS(=O)[O-])oc(-c2ccc(F)cc2F)c1O. The number of ether oxygens (including phenoxy) is 1. The van der Waals surface area contributed by atoms with E-state index in [2.05, 4.69) is 20.7 Å². The lowest BCUT2D eigenvalue weighted by molar-refractivity contribution is -0.132. The highest BCUT2D eigenvalue weighted by Crippen LogP contribution is 2.48. The molecule has 2 rings (SSSR count). The number of esters is 1. The summed E-state index contributed by atoms with van der Waals surface area (Å²) in [5.74, 6) is -3.91. The Morgan fingerprint density at radius 1 is 1.50 bits per heavy atom. The van der Waals surface area contributed by atoms with Gasteiger partial charge in [0, 0.05) is 30.8 Å². The summed E-state index contributed by atoms with van der Waals surface area (Å²) in [4.78, 5) is 10.6. The zero-order valence-corrected chi connectivity index (χ0v) is 15.7. The van der Waals surface area contributed by atoms with Crippen molar-refractivity contribution in [1.29, 1.82) is 0 Å². The first-order valence-corrected chi connectivity index (χ1v) is 9.16. The Bertz CT molecular complexity index is 844. The Morgan fingerprint density at radius 2 is 2.19 bits per heavy atom. The molecule has 0 radical (unpaired) electrons. The minimum Gasteiger partial charge on any atom is -0.760 e. The van der Waals surface area contributed by atoms with E-state index in [-0.39, 0.29) is 35.8 Å². The second-order valence-electron chi connectivity index (χ2n) is 5.08. The van der Waals surface area contributed by atoms with Gasteiger partial charge < -0.3 is 18.8 Å². The highest BCUT2D eigenvalue weighted by Gasteiger charge is 2.29. The Morgan fingerprint density at radius 3 is 2.77 bits per heavy atom. The normalized spacial score (nSPS) is 13.4. The molecular weight excluding hydrogens is 440 g/mol. The van der Waals surface area contributed by atoms with E-state index in [0.29, 0.717) is 6.07 Å². The number of furan rings is 1. The molecule has 11 heteroatoms. The van der Waals surface area contributed by atoms with Crippen LogP contribution in [-0.4, -0.2) is 26.4 Å². The molecule has 0 bridgehead atoms. The van der Waals surface area contributed by atoms with Crippen molar-refractivity contribution in [2.45, 2.75) is 18.2 Å². The summed E-state index contributed by atoms with van der Waals surface area (Å²) in [6.45, 7) is 1.12. The largest absolute Gasteiger partial charge is 0.760 e. The van der Waals surface area contributed by atoms with Crippen LogP contribution < -0.4 is 9.46 Å².